The molecule has 2 atom stereocenters. The second kappa shape index (κ2) is 11.7. The zero-order chi connectivity index (χ0) is 23.0. The van der Waals surface area contributed by atoms with Crippen molar-refractivity contribution < 1.29 is 27.9 Å². The van der Waals surface area contributed by atoms with E-state index in [1.165, 1.54) is 14.1 Å². The van der Waals surface area contributed by atoms with Crippen LogP contribution in [0, 0.1) is 11.8 Å². The Balaban J connectivity index is 1.82. The molecule has 178 valence electrons. The molecule has 0 saturated carbocycles. The Kier molecular flexibility index (Phi) is 9.66. The monoisotopic (exact) mass is 461 g/mol. The van der Waals surface area contributed by atoms with E-state index in [1.54, 1.807) is 4.90 Å². The molecule has 0 aromatic carbocycles. The van der Waals surface area contributed by atoms with E-state index in [2.05, 4.69) is 10.6 Å². The van der Waals surface area contributed by atoms with Crippen molar-refractivity contribution >= 4 is 28.0 Å². The summed E-state index contributed by atoms with van der Waals surface area (Å²) in [6.07, 6.45) is 4.81. The van der Waals surface area contributed by atoms with Crippen LogP contribution in [0.2, 0.25) is 0 Å². The molecule has 0 aromatic heterocycles. The van der Waals surface area contributed by atoms with Crippen LogP contribution in [0.15, 0.2) is 0 Å². The number of hydrogen-bond donors (Lipinski definition) is 4. The Morgan fingerprint density at radius 1 is 1.19 bits per heavy atom. The zero-order valence-corrected chi connectivity index (χ0v) is 19.1. The maximum Gasteiger partial charge on any atom is 0.323 e. The van der Waals surface area contributed by atoms with Crippen molar-refractivity contribution in [1.29, 1.82) is 0 Å². The van der Waals surface area contributed by atoms with Crippen LogP contribution in [0.3, 0.4) is 0 Å². The van der Waals surface area contributed by atoms with Crippen molar-refractivity contribution in [1.82, 2.24) is 24.6 Å². The van der Waals surface area contributed by atoms with Crippen molar-refractivity contribution in [2.75, 3.05) is 46.8 Å². The van der Waals surface area contributed by atoms with Crippen LogP contribution >= 0.6 is 0 Å². The summed E-state index contributed by atoms with van der Waals surface area (Å²) in [5, 5.41) is 15.1. The quantitative estimate of drug-likeness (QED) is 0.325. The van der Waals surface area contributed by atoms with E-state index in [0.717, 1.165) is 36.7 Å². The highest BCUT2D eigenvalue weighted by atomic mass is 32.2. The maximum atomic E-state index is 12.6. The van der Waals surface area contributed by atoms with E-state index in [1.807, 2.05) is 4.72 Å². The van der Waals surface area contributed by atoms with E-state index in [-0.39, 0.29) is 18.4 Å². The molecule has 2 heterocycles. The Labute approximate surface area is 184 Å². The van der Waals surface area contributed by atoms with Crippen LogP contribution in [0.5, 0.6) is 0 Å². The van der Waals surface area contributed by atoms with Crippen molar-refractivity contribution in [3.63, 3.8) is 0 Å². The summed E-state index contributed by atoms with van der Waals surface area (Å²) >= 11 is 0. The molecule has 2 rings (SSSR count). The van der Waals surface area contributed by atoms with E-state index in [0.29, 0.717) is 38.3 Å². The first kappa shape index (κ1) is 25.5. The first-order valence-electron chi connectivity index (χ1n) is 10.8. The molecule has 2 fully saturated rings. The number of nitrogens with zero attached hydrogens (tertiary/aromatic N) is 2. The Morgan fingerprint density at radius 3 is 2.48 bits per heavy atom. The molecule has 1 unspecified atom stereocenters. The number of aliphatic carboxylic acids is 1. The molecule has 0 bridgehead atoms. The Morgan fingerprint density at radius 2 is 1.87 bits per heavy atom. The molecule has 2 saturated heterocycles. The van der Waals surface area contributed by atoms with Gasteiger partial charge in [0, 0.05) is 40.2 Å². The molecular weight excluding hydrogens is 426 g/mol. The van der Waals surface area contributed by atoms with E-state index >= 15 is 0 Å². The zero-order valence-electron chi connectivity index (χ0n) is 18.3. The van der Waals surface area contributed by atoms with Crippen molar-refractivity contribution in [3.05, 3.63) is 0 Å². The Hall–Kier alpha value is -1.76. The lowest BCUT2D eigenvalue weighted by atomic mass is 9.92. The number of nitrogens with one attached hydrogen (secondary N) is 3. The number of carboxylic acid groups (broad SMARTS) is 1. The average molecular weight is 462 g/mol. The normalized spacial score (nSPS) is 21.6. The standard InChI is InChI=1S/C19H35N5O6S/c1-23(2)31(29,30)22-16(19(27)28)12-21-18(26)15-4-3-11-24(13-15)17(25)6-5-14-7-9-20-10-8-14/h14-16,20,22H,3-13H2,1-2H3,(H,21,26)(H,27,28)/t15-,16?/m1/s1. The molecule has 0 aromatic rings. The lowest BCUT2D eigenvalue weighted by molar-refractivity contribution is -0.139. The maximum absolute atomic E-state index is 12.6. The van der Waals surface area contributed by atoms with E-state index < -0.39 is 28.1 Å². The van der Waals surface area contributed by atoms with Crippen LogP contribution < -0.4 is 15.4 Å². The van der Waals surface area contributed by atoms with Crippen molar-refractivity contribution in [2.24, 2.45) is 11.8 Å². The summed E-state index contributed by atoms with van der Waals surface area (Å²) in [4.78, 5) is 38.3. The fraction of sp³-hybridized carbons (Fsp3) is 0.842. The highest BCUT2D eigenvalue weighted by Crippen LogP contribution is 2.21. The van der Waals surface area contributed by atoms with Crippen LogP contribution in [-0.2, 0) is 24.6 Å². The third-order valence-corrected chi connectivity index (χ3v) is 7.46. The second-order valence-corrected chi connectivity index (χ2v) is 10.4. The summed E-state index contributed by atoms with van der Waals surface area (Å²) in [6, 6.07) is -1.48. The third-order valence-electron chi connectivity index (χ3n) is 5.92. The van der Waals surface area contributed by atoms with Gasteiger partial charge < -0.3 is 20.6 Å². The van der Waals surface area contributed by atoms with Gasteiger partial charge in [-0.15, -0.1) is 0 Å². The van der Waals surface area contributed by atoms with Gasteiger partial charge in [-0.1, -0.05) is 0 Å². The number of hydrogen-bond acceptors (Lipinski definition) is 6. The third kappa shape index (κ3) is 8.02. The molecule has 11 nitrogen and oxygen atoms in total. The Bertz CT molecular complexity index is 738. The molecule has 2 amide bonds. The van der Waals surface area contributed by atoms with Gasteiger partial charge in [0.1, 0.15) is 6.04 Å². The minimum atomic E-state index is -3.96. The van der Waals surface area contributed by atoms with Crippen LogP contribution in [-0.4, -0.2) is 93.4 Å². The second-order valence-electron chi connectivity index (χ2n) is 8.45. The van der Waals surface area contributed by atoms with E-state index in [4.69, 9.17) is 0 Å². The summed E-state index contributed by atoms with van der Waals surface area (Å²) in [5.74, 6) is -1.57. The number of piperidine rings is 2. The van der Waals surface area contributed by atoms with Gasteiger partial charge in [0.2, 0.25) is 11.8 Å². The van der Waals surface area contributed by atoms with Gasteiger partial charge in [0.05, 0.1) is 5.92 Å². The number of amides is 2. The SMILES string of the molecule is CN(C)S(=O)(=O)NC(CNC(=O)[C@@H]1CCCN(C(=O)CCC2CCNCC2)C1)C(=O)O. The number of rotatable bonds is 10. The summed E-state index contributed by atoms with van der Waals surface area (Å²) in [5.41, 5.74) is 0. The topological polar surface area (TPSA) is 148 Å². The number of likely N-dealkylation sites (tertiary alicyclic amines) is 1. The largest absolute Gasteiger partial charge is 0.480 e. The van der Waals surface area contributed by atoms with Gasteiger partial charge in [-0.05, 0) is 51.1 Å². The first-order chi connectivity index (χ1) is 14.6. The van der Waals surface area contributed by atoms with Crippen LogP contribution in [0.4, 0.5) is 0 Å². The van der Waals surface area contributed by atoms with Crippen LogP contribution in [0.25, 0.3) is 0 Å². The molecule has 2 aliphatic rings. The average Bonchev–Trinajstić information content (AvgIpc) is 2.75. The molecule has 0 aliphatic carbocycles. The van der Waals surface area contributed by atoms with Crippen LogP contribution in [0.1, 0.15) is 38.5 Å². The lowest BCUT2D eigenvalue weighted by Crippen LogP contribution is -2.53. The molecule has 0 radical (unpaired) electrons. The lowest BCUT2D eigenvalue weighted by Gasteiger charge is -2.33. The fourth-order valence-corrected chi connectivity index (χ4v) is 4.64. The molecule has 4 N–H and O–H groups in total. The predicted octanol–water partition coefficient (Wildman–Crippen LogP) is -1.03. The van der Waals surface area contributed by atoms with Gasteiger partial charge in [0.25, 0.3) is 10.2 Å². The number of carbonyl (C=O) groups is 3. The molecule has 2 aliphatic heterocycles. The summed E-state index contributed by atoms with van der Waals surface area (Å²) in [7, 11) is -1.40. The smallest absolute Gasteiger partial charge is 0.323 e. The number of carbonyl (C=O) groups excluding carboxylic acids is 2. The van der Waals surface area contributed by atoms with Crippen molar-refractivity contribution in [3.8, 4) is 0 Å². The summed E-state index contributed by atoms with van der Waals surface area (Å²) < 4.78 is 26.7. The minimum absolute atomic E-state index is 0.0539. The van der Waals surface area contributed by atoms with Gasteiger partial charge in [-0.25, -0.2) is 0 Å². The van der Waals surface area contributed by atoms with Gasteiger partial charge in [-0.3, -0.25) is 14.4 Å². The predicted molar refractivity (Wildman–Crippen MR) is 114 cm³/mol. The molecule has 0 spiro atoms. The van der Waals surface area contributed by atoms with E-state index in [9.17, 15) is 27.9 Å². The summed E-state index contributed by atoms with van der Waals surface area (Å²) in [6.45, 7) is 2.54. The number of carboxylic acids is 1. The highest BCUT2D eigenvalue weighted by Gasteiger charge is 2.31. The molecule has 31 heavy (non-hydrogen) atoms. The fourth-order valence-electron chi connectivity index (χ4n) is 3.89. The highest BCUT2D eigenvalue weighted by molar-refractivity contribution is 7.87. The minimum Gasteiger partial charge on any atom is -0.480 e. The molecule has 12 heteroatoms. The van der Waals surface area contributed by atoms with Crippen molar-refractivity contribution in [2.45, 2.75) is 44.6 Å². The molecular formula is C19H35N5O6S. The van der Waals surface area contributed by atoms with Gasteiger partial charge >= 0.3 is 5.97 Å². The van der Waals surface area contributed by atoms with Gasteiger partial charge in [0.15, 0.2) is 0 Å². The van der Waals surface area contributed by atoms with Gasteiger partial charge in [-0.2, -0.15) is 17.4 Å². The first-order valence-corrected chi connectivity index (χ1v) is 12.2.